The fourth-order valence-corrected chi connectivity index (χ4v) is 2.33. The first-order chi connectivity index (χ1) is 8.05. The van der Waals surface area contributed by atoms with E-state index in [2.05, 4.69) is 0 Å². The zero-order valence-electron chi connectivity index (χ0n) is 9.90. The second kappa shape index (κ2) is 4.41. The van der Waals surface area contributed by atoms with Crippen molar-refractivity contribution in [1.82, 2.24) is 0 Å². The smallest absolute Gasteiger partial charge is 0.169 e. The molecule has 1 aliphatic rings. The topological polar surface area (TPSA) is 54.4 Å². The van der Waals surface area contributed by atoms with Crippen LogP contribution in [0.4, 0.5) is 0 Å². The van der Waals surface area contributed by atoms with Crippen LogP contribution in [0.5, 0.6) is 0 Å². The van der Waals surface area contributed by atoms with Crippen LogP contribution in [0.15, 0.2) is 24.3 Å². The summed E-state index contributed by atoms with van der Waals surface area (Å²) in [4.78, 5) is 23.6. The van der Waals surface area contributed by atoms with Crippen LogP contribution >= 0.6 is 0 Å². The summed E-state index contributed by atoms with van der Waals surface area (Å²) in [5, 5.41) is 8.93. The first-order valence-electron chi connectivity index (χ1n) is 5.81. The lowest BCUT2D eigenvalue weighted by Crippen LogP contribution is -2.25. The van der Waals surface area contributed by atoms with Crippen molar-refractivity contribution in [1.29, 1.82) is 0 Å². The summed E-state index contributed by atoms with van der Waals surface area (Å²) in [6.07, 6.45) is 1.51. The second-order valence-electron chi connectivity index (χ2n) is 4.96. The number of carbonyl (C=O) groups excluding carboxylic acids is 2. The summed E-state index contributed by atoms with van der Waals surface area (Å²) in [6.45, 7) is 1.84. The Morgan fingerprint density at radius 3 is 2.47 bits per heavy atom. The lowest BCUT2D eigenvalue weighted by Gasteiger charge is -2.20. The zero-order valence-corrected chi connectivity index (χ0v) is 9.90. The largest absolute Gasteiger partial charge is 0.392 e. The number of rotatable bonds is 3. The maximum absolute atomic E-state index is 12.3. The van der Waals surface area contributed by atoms with Gasteiger partial charge in [0, 0.05) is 23.8 Å². The number of aliphatic hydroxyl groups excluding tert-OH is 1. The van der Waals surface area contributed by atoms with Crippen molar-refractivity contribution in [3.05, 3.63) is 35.4 Å². The molecule has 0 aliphatic heterocycles. The molecular formula is C14H16O3. The van der Waals surface area contributed by atoms with E-state index in [1.54, 1.807) is 24.3 Å². The molecule has 1 N–H and O–H groups in total. The molecule has 17 heavy (non-hydrogen) atoms. The van der Waals surface area contributed by atoms with Gasteiger partial charge in [0.1, 0.15) is 5.78 Å². The van der Waals surface area contributed by atoms with Crippen molar-refractivity contribution in [3.8, 4) is 0 Å². The Hall–Kier alpha value is -1.48. The van der Waals surface area contributed by atoms with Crippen LogP contribution in [0.25, 0.3) is 0 Å². The summed E-state index contributed by atoms with van der Waals surface area (Å²) in [7, 11) is 0. The molecule has 90 valence electrons. The van der Waals surface area contributed by atoms with Gasteiger partial charge in [-0.05, 0) is 12.0 Å². The number of hydrogen-bond donors (Lipinski definition) is 1. The van der Waals surface area contributed by atoms with Crippen LogP contribution < -0.4 is 0 Å². The van der Waals surface area contributed by atoms with Crippen LogP contribution in [0.1, 0.15) is 42.1 Å². The van der Waals surface area contributed by atoms with Crippen LogP contribution in [-0.4, -0.2) is 16.7 Å². The predicted molar refractivity (Wildman–Crippen MR) is 63.7 cm³/mol. The van der Waals surface area contributed by atoms with Crippen LogP contribution in [0, 0.1) is 5.41 Å². The van der Waals surface area contributed by atoms with Crippen molar-refractivity contribution in [2.75, 3.05) is 0 Å². The van der Waals surface area contributed by atoms with Crippen LogP contribution in [-0.2, 0) is 11.4 Å². The summed E-state index contributed by atoms with van der Waals surface area (Å²) >= 11 is 0. The minimum atomic E-state index is -0.530. The SMILES string of the molecule is CC1(C(=O)c2ccc(CO)cc2)CCC(=O)C1. The summed E-state index contributed by atoms with van der Waals surface area (Å²) < 4.78 is 0. The fourth-order valence-electron chi connectivity index (χ4n) is 2.33. The van der Waals surface area contributed by atoms with Gasteiger partial charge in [-0.2, -0.15) is 0 Å². The normalized spacial score (nSPS) is 24.0. The minimum Gasteiger partial charge on any atom is -0.392 e. The molecule has 0 saturated heterocycles. The summed E-state index contributed by atoms with van der Waals surface area (Å²) in [5.41, 5.74) is 0.881. The molecule has 3 heteroatoms. The average molecular weight is 232 g/mol. The van der Waals surface area contributed by atoms with Gasteiger partial charge in [-0.3, -0.25) is 9.59 Å². The second-order valence-corrected chi connectivity index (χ2v) is 4.96. The van der Waals surface area contributed by atoms with Gasteiger partial charge in [0.15, 0.2) is 5.78 Å². The fraction of sp³-hybridized carbons (Fsp3) is 0.429. The van der Waals surface area contributed by atoms with Crippen molar-refractivity contribution >= 4 is 11.6 Å². The molecule has 1 fully saturated rings. The first-order valence-corrected chi connectivity index (χ1v) is 5.81. The molecule has 1 unspecified atom stereocenters. The van der Waals surface area contributed by atoms with E-state index < -0.39 is 5.41 Å². The summed E-state index contributed by atoms with van der Waals surface area (Å²) in [5.74, 6) is 0.209. The van der Waals surface area contributed by atoms with E-state index in [4.69, 9.17) is 5.11 Å². The van der Waals surface area contributed by atoms with Gasteiger partial charge in [0.2, 0.25) is 0 Å². The zero-order chi connectivity index (χ0) is 12.5. The number of aliphatic hydroxyl groups is 1. The Labute approximate surface area is 100 Å². The van der Waals surface area contributed by atoms with E-state index >= 15 is 0 Å². The molecule has 0 heterocycles. The van der Waals surface area contributed by atoms with Gasteiger partial charge in [-0.25, -0.2) is 0 Å². The number of carbonyl (C=O) groups is 2. The molecule has 0 amide bonds. The Kier molecular flexibility index (Phi) is 3.11. The third-order valence-electron chi connectivity index (χ3n) is 3.49. The molecule has 1 aliphatic carbocycles. The van der Waals surface area contributed by atoms with Crippen LogP contribution in [0.2, 0.25) is 0 Å². The Bertz CT molecular complexity index is 447. The number of ketones is 2. The Balaban J connectivity index is 2.21. The van der Waals surface area contributed by atoms with E-state index in [9.17, 15) is 9.59 Å². The maximum atomic E-state index is 12.3. The summed E-state index contributed by atoms with van der Waals surface area (Å²) in [6, 6.07) is 6.94. The Morgan fingerprint density at radius 2 is 2.00 bits per heavy atom. The molecule has 2 rings (SSSR count). The highest BCUT2D eigenvalue weighted by molar-refractivity contribution is 6.04. The quantitative estimate of drug-likeness (QED) is 0.812. The molecule has 0 aromatic heterocycles. The van der Waals surface area contributed by atoms with Crippen molar-refractivity contribution in [3.63, 3.8) is 0 Å². The highest BCUT2D eigenvalue weighted by Gasteiger charge is 2.40. The third-order valence-corrected chi connectivity index (χ3v) is 3.49. The van der Waals surface area contributed by atoms with E-state index in [0.29, 0.717) is 24.8 Å². The first kappa shape index (κ1) is 12.0. The van der Waals surface area contributed by atoms with Gasteiger partial charge in [-0.15, -0.1) is 0 Å². The van der Waals surface area contributed by atoms with Gasteiger partial charge < -0.3 is 5.11 Å². The average Bonchev–Trinajstić information content (AvgIpc) is 2.70. The lowest BCUT2D eigenvalue weighted by atomic mass is 9.80. The van der Waals surface area contributed by atoms with Gasteiger partial charge >= 0.3 is 0 Å². The molecule has 3 nitrogen and oxygen atoms in total. The van der Waals surface area contributed by atoms with E-state index in [1.807, 2.05) is 6.92 Å². The third kappa shape index (κ3) is 2.29. The molecule has 1 aromatic rings. The highest BCUT2D eigenvalue weighted by Crippen LogP contribution is 2.38. The van der Waals surface area contributed by atoms with Gasteiger partial charge in [0.25, 0.3) is 0 Å². The van der Waals surface area contributed by atoms with Crippen molar-refractivity contribution in [2.24, 2.45) is 5.41 Å². The monoisotopic (exact) mass is 232 g/mol. The predicted octanol–water partition coefficient (Wildman–Crippen LogP) is 2.12. The minimum absolute atomic E-state index is 0.0236. The number of Topliss-reactive ketones (excluding diaryl/α,β-unsaturated/α-hetero) is 2. The molecule has 0 spiro atoms. The molecule has 0 bridgehead atoms. The lowest BCUT2D eigenvalue weighted by molar-refractivity contribution is -0.117. The maximum Gasteiger partial charge on any atom is 0.169 e. The Morgan fingerprint density at radius 1 is 1.35 bits per heavy atom. The van der Waals surface area contributed by atoms with E-state index in [-0.39, 0.29) is 18.2 Å². The van der Waals surface area contributed by atoms with Crippen LogP contribution in [0.3, 0.4) is 0 Å². The van der Waals surface area contributed by atoms with Gasteiger partial charge in [0.05, 0.1) is 6.61 Å². The molecular weight excluding hydrogens is 216 g/mol. The van der Waals surface area contributed by atoms with Crippen molar-refractivity contribution < 1.29 is 14.7 Å². The molecule has 1 atom stereocenters. The highest BCUT2D eigenvalue weighted by atomic mass is 16.3. The van der Waals surface area contributed by atoms with Gasteiger partial charge in [-0.1, -0.05) is 31.2 Å². The molecule has 0 radical (unpaired) electrons. The number of benzene rings is 1. The molecule has 1 aromatic carbocycles. The van der Waals surface area contributed by atoms with Crippen molar-refractivity contribution in [2.45, 2.75) is 32.8 Å². The standard InChI is InChI=1S/C14H16O3/c1-14(7-6-12(16)8-14)13(17)11-4-2-10(9-15)3-5-11/h2-5,15H,6-9H2,1H3. The number of hydrogen-bond acceptors (Lipinski definition) is 3. The van der Waals surface area contributed by atoms with E-state index in [1.165, 1.54) is 0 Å². The van der Waals surface area contributed by atoms with E-state index in [0.717, 1.165) is 5.56 Å². The molecule has 1 saturated carbocycles.